The molecule has 0 aliphatic heterocycles. The number of halogens is 1. The SMILES string of the molecule is COc1nc(F)c(-c2ccccc2)c2sc(NC(=O)c3c[nH]cn3)nc12. The van der Waals surface area contributed by atoms with Gasteiger partial charge in [0.1, 0.15) is 11.2 Å². The molecule has 0 saturated heterocycles. The monoisotopic (exact) mass is 369 g/mol. The predicted octanol–water partition coefficient (Wildman–Crippen LogP) is 3.48. The largest absolute Gasteiger partial charge is 0.479 e. The van der Waals surface area contributed by atoms with Crippen LogP contribution >= 0.6 is 11.3 Å². The van der Waals surface area contributed by atoms with Gasteiger partial charge in [0, 0.05) is 6.20 Å². The number of hydrogen-bond donors (Lipinski definition) is 2. The number of anilines is 1. The van der Waals surface area contributed by atoms with Crippen LogP contribution in [-0.4, -0.2) is 33.0 Å². The Morgan fingerprint density at radius 3 is 2.77 bits per heavy atom. The molecule has 0 aliphatic rings. The van der Waals surface area contributed by atoms with E-state index in [0.29, 0.717) is 26.5 Å². The summed E-state index contributed by atoms with van der Waals surface area (Å²) in [5, 5.41) is 2.97. The molecule has 0 fully saturated rings. The Labute approximate surface area is 150 Å². The van der Waals surface area contributed by atoms with Gasteiger partial charge in [0.15, 0.2) is 5.13 Å². The molecule has 1 aromatic carbocycles. The van der Waals surface area contributed by atoms with Crippen molar-refractivity contribution in [2.45, 2.75) is 0 Å². The lowest BCUT2D eigenvalue weighted by Gasteiger charge is -2.06. The normalized spacial score (nSPS) is 10.8. The van der Waals surface area contributed by atoms with Gasteiger partial charge < -0.3 is 9.72 Å². The second-order valence-electron chi connectivity index (χ2n) is 5.26. The van der Waals surface area contributed by atoms with Crippen molar-refractivity contribution in [2.75, 3.05) is 12.4 Å². The molecule has 7 nitrogen and oxygen atoms in total. The Balaban J connectivity index is 1.84. The van der Waals surface area contributed by atoms with Crippen LogP contribution in [0.4, 0.5) is 9.52 Å². The first kappa shape index (κ1) is 16.2. The van der Waals surface area contributed by atoms with Gasteiger partial charge in [-0.05, 0) is 5.56 Å². The number of amides is 1. The summed E-state index contributed by atoms with van der Waals surface area (Å²) < 4.78 is 20.3. The zero-order valence-electron chi connectivity index (χ0n) is 13.5. The number of methoxy groups -OCH3 is 1. The van der Waals surface area contributed by atoms with Gasteiger partial charge in [-0.2, -0.15) is 9.37 Å². The van der Waals surface area contributed by atoms with E-state index < -0.39 is 11.9 Å². The van der Waals surface area contributed by atoms with Gasteiger partial charge in [-0.15, -0.1) is 0 Å². The van der Waals surface area contributed by atoms with Crippen LogP contribution in [0.1, 0.15) is 10.5 Å². The summed E-state index contributed by atoms with van der Waals surface area (Å²) in [4.78, 5) is 27.0. The molecule has 26 heavy (non-hydrogen) atoms. The highest BCUT2D eigenvalue weighted by molar-refractivity contribution is 7.23. The summed E-state index contributed by atoms with van der Waals surface area (Å²) in [6.45, 7) is 0. The molecule has 0 spiro atoms. The molecule has 1 amide bonds. The van der Waals surface area contributed by atoms with E-state index in [-0.39, 0.29) is 11.6 Å². The molecule has 0 atom stereocenters. The van der Waals surface area contributed by atoms with Crippen molar-refractivity contribution in [3.05, 3.63) is 54.5 Å². The number of nitrogens with zero attached hydrogens (tertiary/aromatic N) is 3. The number of carbonyl (C=O) groups excluding carboxylic acids is 1. The first-order valence-electron chi connectivity index (χ1n) is 7.57. The van der Waals surface area contributed by atoms with Gasteiger partial charge >= 0.3 is 0 Å². The molecule has 0 saturated carbocycles. The molecule has 2 N–H and O–H groups in total. The number of pyridine rings is 1. The highest BCUT2D eigenvalue weighted by Gasteiger charge is 2.21. The minimum Gasteiger partial charge on any atom is -0.479 e. The van der Waals surface area contributed by atoms with E-state index in [1.165, 1.54) is 19.6 Å². The molecule has 0 unspecified atom stereocenters. The second-order valence-corrected chi connectivity index (χ2v) is 6.26. The summed E-state index contributed by atoms with van der Waals surface area (Å²) in [6.07, 6.45) is 2.88. The lowest BCUT2D eigenvalue weighted by atomic mass is 10.1. The number of aromatic amines is 1. The third-order valence-corrected chi connectivity index (χ3v) is 4.66. The van der Waals surface area contributed by atoms with Gasteiger partial charge in [0.05, 0.1) is 23.7 Å². The van der Waals surface area contributed by atoms with Crippen molar-refractivity contribution in [1.29, 1.82) is 0 Å². The topological polar surface area (TPSA) is 92.8 Å². The number of fused-ring (bicyclic) bond motifs is 1. The number of benzene rings is 1. The first-order valence-corrected chi connectivity index (χ1v) is 8.38. The van der Waals surface area contributed by atoms with Crippen LogP contribution < -0.4 is 10.1 Å². The van der Waals surface area contributed by atoms with Crippen LogP contribution in [0.2, 0.25) is 0 Å². The zero-order valence-corrected chi connectivity index (χ0v) is 14.3. The van der Waals surface area contributed by atoms with Gasteiger partial charge in [0.2, 0.25) is 11.8 Å². The van der Waals surface area contributed by atoms with E-state index in [1.54, 1.807) is 12.1 Å². The van der Waals surface area contributed by atoms with Crippen molar-refractivity contribution in [3.63, 3.8) is 0 Å². The van der Waals surface area contributed by atoms with Crippen LogP contribution in [0, 0.1) is 5.95 Å². The Hall–Kier alpha value is -3.33. The van der Waals surface area contributed by atoms with Gasteiger partial charge in [0.25, 0.3) is 5.91 Å². The van der Waals surface area contributed by atoms with Crippen molar-refractivity contribution >= 4 is 32.6 Å². The number of imidazole rings is 1. The minimum atomic E-state index is -0.658. The maximum atomic E-state index is 14.6. The Bertz CT molecular complexity index is 1080. The van der Waals surface area contributed by atoms with Crippen molar-refractivity contribution in [1.82, 2.24) is 19.9 Å². The molecule has 130 valence electrons. The molecule has 0 radical (unpaired) electrons. The molecule has 3 aromatic heterocycles. The van der Waals surface area contributed by atoms with Crippen molar-refractivity contribution in [3.8, 4) is 17.0 Å². The second kappa shape index (κ2) is 6.52. The van der Waals surface area contributed by atoms with Gasteiger partial charge in [-0.3, -0.25) is 10.1 Å². The van der Waals surface area contributed by atoms with E-state index in [2.05, 4.69) is 25.3 Å². The fraction of sp³-hybridized carbons (Fsp3) is 0.0588. The summed E-state index contributed by atoms with van der Waals surface area (Å²) in [5.74, 6) is -1.01. The van der Waals surface area contributed by atoms with E-state index in [4.69, 9.17) is 4.74 Å². The summed E-state index contributed by atoms with van der Waals surface area (Å²) in [5.41, 5.74) is 1.59. The van der Waals surface area contributed by atoms with E-state index >= 15 is 0 Å². The number of nitrogens with one attached hydrogen (secondary N) is 2. The minimum absolute atomic E-state index is 0.0636. The number of thiazole rings is 1. The molecular weight excluding hydrogens is 357 g/mol. The maximum Gasteiger partial charge on any atom is 0.277 e. The lowest BCUT2D eigenvalue weighted by Crippen LogP contribution is -2.11. The number of rotatable bonds is 4. The highest BCUT2D eigenvalue weighted by atomic mass is 32.1. The average Bonchev–Trinajstić information content (AvgIpc) is 3.31. The molecule has 4 rings (SSSR count). The molecule has 4 aromatic rings. The fourth-order valence-corrected chi connectivity index (χ4v) is 3.53. The smallest absolute Gasteiger partial charge is 0.277 e. The number of carbonyl (C=O) groups is 1. The Morgan fingerprint density at radius 1 is 1.27 bits per heavy atom. The highest BCUT2D eigenvalue weighted by Crippen LogP contribution is 2.39. The zero-order chi connectivity index (χ0) is 18.1. The van der Waals surface area contributed by atoms with Gasteiger partial charge in [-0.1, -0.05) is 41.7 Å². The molecular formula is C17H12FN5O2S. The Kier molecular flexibility index (Phi) is 4.05. The Morgan fingerprint density at radius 2 is 2.08 bits per heavy atom. The quantitative estimate of drug-likeness (QED) is 0.537. The standard InChI is InChI=1S/C17H12FN5O2S/c1-25-16-12-13(11(14(18)22-16)9-5-3-2-4-6-9)26-17(21-12)23-15(24)10-7-19-8-20-10/h2-8H,1H3,(H,19,20)(H,21,23,24). The predicted molar refractivity (Wildman–Crippen MR) is 95.9 cm³/mol. The molecule has 0 bridgehead atoms. The van der Waals surface area contributed by atoms with E-state index in [9.17, 15) is 9.18 Å². The first-order chi connectivity index (χ1) is 12.7. The summed E-state index contributed by atoms with van der Waals surface area (Å²) in [7, 11) is 1.39. The van der Waals surface area contributed by atoms with Crippen molar-refractivity contribution in [2.24, 2.45) is 0 Å². The fourth-order valence-electron chi connectivity index (χ4n) is 2.52. The number of hydrogen-bond acceptors (Lipinski definition) is 6. The molecule has 3 heterocycles. The third kappa shape index (κ3) is 2.78. The van der Waals surface area contributed by atoms with E-state index in [1.807, 2.05) is 18.2 Å². The van der Waals surface area contributed by atoms with Crippen LogP contribution in [0.5, 0.6) is 5.88 Å². The number of H-pyrrole nitrogens is 1. The lowest BCUT2D eigenvalue weighted by molar-refractivity contribution is 0.102. The third-order valence-electron chi connectivity index (χ3n) is 3.67. The van der Waals surface area contributed by atoms with Crippen LogP contribution in [0.25, 0.3) is 21.3 Å². The summed E-state index contributed by atoms with van der Waals surface area (Å²) in [6, 6.07) is 9.04. The molecule has 0 aliphatic carbocycles. The number of aromatic nitrogens is 4. The summed E-state index contributed by atoms with van der Waals surface area (Å²) >= 11 is 1.15. The number of ether oxygens (including phenoxy) is 1. The van der Waals surface area contributed by atoms with Crippen LogP contribution in [-0.2, 0) is 0 Å². The van der Waals surface area contributed by atoms with E-state index in [0.717, 1.165) is 11.3 Å². The maximum absolute atomic E-state index is 14.6. The van der Waals surface area contributed by atoms with Gasteiger partial charge in [-0.25, -0.2) is 9.97 Å². The average molecular weight is 369 g/mol. The van der Waals surface area contributed by atoms with Crippen molar-refractivity contribution < 1.29 is 13.9 Å². The van der Waals surface area contributed by atoms with Crippen LogP contribution in [0.15, 0.2) is 42.9 Å². The van der Waals surface area contributed by atoms with Crippen LogP contribution in [0.3, 0.4) is 0 Å². The molecule has 9 heteroatoms.